The van der Waals surface area contributed by atoms with Gasteiger partial charge in [-0.15, -0.1) is 0 Å². The van der Waals surface area contributed by atoms with Gasteiger partial charge in [-0.2, -0.15) is 0 Å². The topological polar surface area (TPSA) is 121 Å². The third-order valence-electron chi connectivity index (χ3n) is 1.61. The van der Waals surface area contributed by atoms with Gasteiger partial charge in [0.2, 0.25) is 0 Å². The van der Waals surface area contributed by atoms with Crippen molar-refractivity contribution in [2.24, 2.45) is 0 Å². The van der Waals surface area contributed by atoms with Crippen molar-refractivity contribution < 1.29 is 34.4 Å². The quantitative estimate of drug-likeness (QED) is 0.340. The number of carbonyl (C=O) groups is 3. The monoisotopic (exact) mass is 350 g/mol. The Kier molecular flexibility index (Phi) is 44.7. The Balaban J connectivity index is -0.0000000536. The molecule has 0 rings (SSSR count). The van der Waals surface area contributed by atoms with E-state index in [-0.39, 0.29) is 28.0 Å². The average Bonchev–Trinajstić information content (AvgIpc) is 2.44. The highest BCUT2D eigenvalue weighted by atomic mass is 16.5. The Labute approximate surface area is 146 Å². The van der Waals surface area contributed by atoms with Gasteiger partial charge in [0.25, 0.3) is 0 Å². The molecule has 0 fully saturated rings. The normalized spacial score (nSPS) is 6.88. The molecule has 0 aliphatic carbocycles. The molecule has 0 unspecified atom stereocenters. The van der Waals surface area contributed by atoms with Crippen LogP contribution in [-0.4, -0.2) is 39.8 Å². The second-order valence-corrected chi connectivity index (χ2v) is 3.37. The lowest BCUT2D eigenvalue weighted by molar-refractivity contribution is -0.136. The fourth-order valence-electron chi connectivity index (χ4n) is 0.609. The molecular weight excluding hydrogens is 316 g/mol. The molecule has 0 aromatic heterocycles. The van der Waals surface area contributed by atoms with Crippen LogP contribution in [0.1, 0.15) is 48.5 Å². The van der Waals surface area contributed by atoms with E-state index in [0.29, 0.717) is 6.61 Å². The smallest absolute Gasteiger partial charge is 0.370 e. The SMILES string of the molecule is C.C.C.C=C(OCCCCC)C(=O)O.C=CC(=O)O.C=CC(=O)O. The summed E-state index contributed by atoms with van der Waals surface area (Å²) in [6.45, 7) is 11.7. The minimum atomic E-state index is -1.08. The van der Waals surface area contributed by atoms with Gasteiger partial charge in [0, 0.05) is 12.2 Å². The first kappa shape index (κ1) is 37.6. The first-order chi connectivity index (χ1) is 9.72. The molecule has 0 amide bonds. The van der Waals surface area contributed by atoms with Crippen LogP contribution in [0.15, 0.2) is 37.6 Å². The van der Waals surface area contributed by atoms with Crippen LogP contribution >= 0.6 is 0 Å². The maximum absolute atomic E-state index is 10.1. The number of carboxylic acids is 3. The van der Waals surface area contributed by atoms with Crippen molar-refractivity contribution in [3.8, 4) is 0 Å². The largest absolute Gasteiger partial charge is 0.487 e. The molecule has 0 aliphatic rings. The highest BCUT2D eigenvalue weighted by Crippen LogP contribution is 1.98. The molecule has 7 nitrogen and oxygen atoms in total. The van der Waals surface area contributed by atoms with Crippen LogP contribution < -0.4 is 0 Å². The summed E-state index contributed by atoms with van der Waals surface area (Å²) in [6, 6.07) is 0. The summed E-state index contributed by atoms with van der Waals surface area (Å²) in [5.74, 6) is -3.21. The highest BCUT2D eigenvalue weighted by molar-refractivity contribution is 5.83. The van der Waals surface area contributed by atoms with E-state index >= 15 is 0 Å². The molecule has 0 bridgehead atoms. The van der Waals surface area contributed by atoms with E-state index in [1.54, 1.807) is 0 Å². The Bertz CT molecular complexity index is 342. The molecule has 0 saturated carbocycles. The summed E-state index contributed by atoms with van der Waals surface area (Å²) >= 11 is 0. The fourth-order valence-corrected chi connectivity index (χ4v) is 0.609. The molecule has 0 saturated heterocycles. The fraction of sp³-hybridized carbons (Fsp3) is 0.471. The third-order valence-corrected chi connectivity index (χ3v) is 1.61. The Hall–Kier alpha value is -2.57. The Morgan fingerprint density at radius 1 is 0.917 bits per heavy atom. The van der Waals surface area contributed by atoms with Gasteiger partial charge in [0.15, 0.2) is 5.76 Å². The molecule has 0 heterocycles. The zero-order valence-electron chi connectivity index (χ0n) is 12.1. The van der Waals surface area contributed by atoms with E-state index in [2.05, 4.69) is 26.7 Å². The molecule has 0 atom stereocenters. The number of hydrogen-bond acceptors (Lipinski definition) is 4. The van der Waals surface area contributed by atoms with Crippen LogP contribution in [0.25, 0.3) is 0 Å². The number of rotatable bonds is 8. The predicted octanol–water partition coefficient (Wildman–Crippen LogP) is 4.21. The number of hydrogen-bond donors (Lipinski definition) is 3. The average molecular weight is 350 g/mol. The van der Waals surface area contributed by atoms with Crippen LogP contribution in [0.3, 0.4) is 0 Å². The lowest BCUT2D eigenvalue weighted by atomic mass is 10.3. The van der Waals surface area contributed by atoms with Gasteiger partial charge in [-0.1, -0.05) is 55.2 Å². The zero-order chi connectivity index (χ0) is 17.3. The molecule has 0 radical (unpaired) electrons. The van der Waals surface area contributed by atoms with E-state index in [1.807, 2.05) is 0 Å². The van der Waals surface area contributed by atoms with E-state index in [0.717, 1.165) is 31.4 Å². The summed E-state index contributed by atoms with van der Waals surface area (Å²) in [4.78, 5) is 28.6. The van der Waals surface area contributed by atoms with Crippen molar-refractivity contribution >= 4 is 17.9 Å². The summed E-state index contributed by atoms with van der Waals surface area (Å²) in [5, 5.41) is 23.5. The molecule has 24 heavy (non-hydrogen) atoms. The van der Waals surface area contributed by atoms with Crippen LogP contribution in [0, 0.1) is 0 Å². The number of carboxylic acid groups (broad SMARTS) is 3. The Morgan fingerprint density at radius 2 is 1.25 bits per heavy atom. The van der Waals surface area contributed by atoms with E-state index in [9.17, 15) is 14.4 Å². The first-order valence-corrected chi connectivity index (χ1v) is 5.98. The van der Waals surface area contributed by atoms with Crippen molar-refractivity contribution in [3.05, 3.63) is 37.6 Å². The van der Waals surface area contributed by atoms with Gasteiger partial charge >= 0.3 is 17.9 Å². The molecule has 0 aliphatic heterocycles. The molecule has 0 spiro atoms. The van der Waals surface area contributed by atoms with E-state index in [4.69, 9.17) is 20.1 Å². The maximum Gasteiger partial charge on any atom is 0.370 e. The molecule has 0 aromatic rings. The standard InChI is InChI=1S/C8H14O3.2C3H4O2.3CH4/c1-3-4-5-6-11-7(2)8(9)10;2*1-2-3(4)5;;;/h2-6H2,1H3,(H,9,10);2*2H,1H2,(H,4,5);3*1H4. The van der Waals surface area contributed by atoms with Crippen LogP contribution in [0.4, 0.5) is 0 Å². The minimum Gasteiger partial charge on any atom is -0.487 e. The third kappa shape index (κ3) is 50.5. The second-order valence-electron chi connectivity index (χ2n) is 3.37. The maximum atomic E-state index is 10.1. The van der Waals surface area contributed by atoms with Crippen LogP contribution in [0.2, 0.25) is 0 Å². The minimum absolute atomic E-state index is 0. The summed E-state index contributed by atoms with van der Waals surface area (Å²) < 4.78 is 4.81. The lowest BCUT2D eigenvalue weighted by Crippen LogP contribution is -2.04. The van der Waals surface area contributed by atoms with Gasteiger partial charge in [-0.25, -0.2) is 14.4 Å². The second kappa shape index (κ2) is 28.6. The molecule has 144 valence electrons. The molecule has 7 heteroatoms. The predicted molar refractivity (Wildman–Crippen MR) is 98.1 cm³/mol. The highest BCUT2D eigenvalue weighted by Gasteiger charge is 2.02. The van der Waals surface area contributed by atoms with E-state index < -0.39 is 17.9 Å². The molecular formula is C17H34O7. The van der Waals surface area contributed by atoms with Crippen molar-refractivity contribution in [2.45, 2.75) is 48.5 Å². The number of aliphatic carboxylic acids is 3. The van der Waals surface area contributed by atoms with Crippen molar-refractivity contribution in [1.82, 2.24) is 0 Å². The molecule has 0 aromatic carbocycles. The Morgan fingerprint density at radius 3 is 1.46 bits per heavy atom. The van der Waals surface area contributed by atoms with Crippen LogP contribution in [-0.2, 0) is 19.1 Å². The lowest BCUT2D eigenvalue weighted by Gasteiger charge is -2.03. The summed E-state index contributed by atoms with van der Waals surface area (Å²) in [5.41, 5.74) is 0. The van der Waals surface area contributed by atoms with Gasteiger partial charge in [-0.3, -0.25) is 0 Å². The van der Waals surface area contributed by atoms with Gasteiger partial charge in [0.05, 0.1) is 6.61 Å². The van der Waals surface area contributed by atoms with Crippen molar-refractivity contribution in [2.75, 3.05) is 6.61 Å². The van der Waals surface area contributed by atoms with Crippen molar-refractivity contribution in [1.29, 1.82) is 0 Å². The van der Waals surface area contributed by atoms with Crippen molar-refractivity contribution in [3.63, 3.8) is 0 Å². The van der Waals surface area contributed by atoms with E-state index in [1.165, 1.54) is 0 Å². The summed E-state index contributed by atoms with van der Waals surface area (Å²) in [7, 11) is 0. The van der Waals surface area contributed by atoms with Gasteiger partial charge < -0.3 is 20.1 Å². The number of ether oxygens (including phenoxy) is 1. The van der Waals surface area contributed by atoms with Crippen LogP contribution in [0.5, 0.6) is 0 Å². The molecule has 3 N–H and O–H groups in total. The number of unbranched alkanes of at least 4 members (excludes halogenated alkanes) is 2. The zero-order valence-corrected chi connectivity index (χ0v) is 12.1. The van der Waals surface area contributed by atoms with Gasteiger partial charge in [-0.05, 0) is 13.0 Å². The first-order valence-electron chi connectivity index (χ1n) is 5.98. The van der Waals surface area contributed by atoms with Gasteiger partial charge in [0.1, 0.15) is 0 Å². The summed E-state index contributed by atoms with van der Waals surface area (Å²) in [6.07, 6.45) is 4.72.